The van der Waals surface area contributed by atoms with Crippen LogP contribution in [0.3, 0.4) is 0 Å². The highest BCUT2D eigenvalue weighted by molar-refractivity contribution is 5.81. The van der Waals surface area contributed by atoms with Crippen LogP contribution in [0.5, 0.6) is 5.75 Å². The molecule has 22 heavy (non-hydrogen) atoms. The van der Waals surface area contributed by atoms with Crippen molar-refractivity contribution < 1.29 is 9.53 Å². The number of rotatable bonds is 3. The van der Waals surface area contributed by atoms with Gasteiger partial charge in [-0.05, 0) is 68.7 Å². The topological polar surface area (TPSA) is 29.5 Å². The maximum absolute atomic E-state index is 12.7. The van der Waals surface area contributed by atoms with Gasteiger partial charge in [-0.1, -0.05) is 19.9 Å². The van der Waals surface area contributed by atoms with Gasteiger partial charge in [0.05, 0.1) is 0 Å². The van der Waals surface area contributed by atoms with Crippen LogP contribution in [-0.2, 0) is 4.79 Å². The van der Waals surface area contributed by atoms with Gasteiger partial charge in [-0.25, -0.2) is 0 Å². The van der Waals surface area contributed by atoms with Gasteiger partial charge in [0, 0.05) is 13.1 Å². The first-order chi connectivity index (χ1) is 10.2. The van der Waals surface area contributed by atoms with Gasteiger partial charge >= 0.3 is 0 Å². The third-order valence-electron chi connectivity index (χ3n) is 4.63. The molecule has 1 heterocycles. The zero-order chi connectivity index (χ0) is 16.5. The second kappa shape index (κ2) is 6.31. The molecule has 1 aromatic carbocycles. The number of ether oxygens (including phenoxy) is 1. The van der Waals surface area contributed by atoms with Gasteiger partial charge in [-0.15, -0.1) is 0 Å². The minimum atomic E-state index is -0.436. The number of benzene rings is 1. The maximum atomic E-state index is 12.7. The summed E-state index contributed by atoms with van der Waals surface area (Å²) in [5.41, 5.74) is 3.69. The van der Waals surface area contributed by atoms with Crippen LogP contribution in [0.1, 0.15) is 50.3 Å². The smallest absolute Gasteiger partial charge is 0.263 e. The number of carbonyl (C=O) groups excluding carboxylic acids is 1. The standard InChI is InChI=1S/C19H29NO2/c1-13-10-14(2)15(3)17(11-13)22-16(4)18(21)20-9-7-8-19(5,6)12-20/h10-11,16H,7-9,12H2,1-6H3/t16-/m0/s1. The van der Waals surface area contributed by atoms with Crippen LogP contribution >= 0.6 is 0 Å². The van der Waals surface area contributed by atoms with Gasteiger partial charge in [0.25, 0.3) is 5.91 Å². The molecule has 0 spiro atoms. The summed E-state index contributed by atoms with van der Waals surface area (Å²) in [4.78, 5) is 14.6. The Hall–Kier alpha value is -1.51. The molecule has 0 N–H and O–H groups in total. The quantitative estimate of drug-likeness (QED) is 0.844. The fraction of sp³-hybridized carbons (Fsp3) is 0.632. The summed E-state index contributed by atoms with van der Waals surface area (Å²) < 4.78 is 6.00. The number of nitrogens with zero attached hydrogens (tertiary/aromatic N) is 1. The lowest BCUT2D eigenvalue weighted by molar-refractivity contribution is -0.141. The number of aryl methyl sites for hydroxylation is 2. The summed E-state index contributed by atoms with van der Waals surface area (Å²) in [6.07, 6.45) is 1.82. The van der Waals surface area contributed by atoms with Crippen molar-refractivity contribution in [1.29, 1.82) is 0 Å². The van der Waals surface area contributed by atoms with Gasteiger partial charge < -0.3 is 9.64 Å². The Morgan fingerprint density at radius 1 is 1.27 bits per heavy atom. The van der Waals surface area contributed by atoms with E-state index in [2.05, 4.69) is 33.8 Å². The summed E-state index contributed by atoms with van der Waals surface area (Å²) in [6, 6.07) is 4.16. The Labute approximate surface area is 134 Å². The Balaban J connectivity index is 2.09. The first-order valence-corrected chi connectivity index (χ1v) is 8.23. The van der Waals surface area contributed by atoms with Crippen molar-refractivity contribution in [2.24, 2.45) is 5.41 Å². The van der Waals surface area contributed by atoms with Crippen LogP contribution in [0.2, 0.25) is 0 Å². The molecule has 2 rings (SSSR count). The molecule has 3 nitrogen and oxygen atoms in total. The van der Waals surface area contributed by atoms with Crippen molar-refractivity contribution in [3.05, 3.63) is 28.8 Å². The fourth-order valence-corrected chi connectivity index (χ4v) is 3.23. The first kappa shape index (κ1) is 16.9. The molecule has 0 saturated carbocycles. The lowest BCUT2D eigenvalue weighted by Crippen LogP contribution is -2.48. The van der Waals surface area contributed by atoms with E-state index in [1.54, 1.807) is 0 Å². The molecule has 0 bridgehead atoms. The van der Waals surface area contributed by atoms with Gasteiger partial charge in [0.1, 0.15) is 5.75 Å². The van der Waals surface area contributed by atoms with Crippen LogP contribution in [0, 0.1) is 26.2 Å². The molecule has 1 atom stereocenters. The highest BCUT2D eigenvalue weighted by atomic mass is 16.5. The summed E-state index contributed by atoms with van der Waals surface area (Å²) >= 11 is 0. The number of hydrogen-bond donors (Lipinski definition) is 0. The monoisotopic (exact) mass is 303 g/mol. The number of likely N-dealkylation sites (tertiary alicyclic amines) is 1. The zero-order valence-corrected chi connectivity index (χ0v) is 14.8. The lowest BCUT2D eigenvalue weighted by Gasteiger charge is -2.39. The zero-order valence-electron chi connectivity index (χ0n) is 14.8. The van der Waals surface area contributed by atoms with Crippen molar-refractivity contribution in [3.8, 4) is 5.75 Å². The molecular formula is C19H29NO2. The van der Waals surface area contributed by atoms with Gasteiger partial charge in [-0.3, -0.25) is 4.79 Å². The van der Waals surface area contributed by atoms with Crippen LogP contribution in [0.15, 0.2) is 12.1 Å². The minimum absolute atomic E-state index is 0.103. The Morgan fingerprint density at radius 3 is 2.59 bits per heavy atom. The van der Waals surface area contributed by atoms with E-state index >= 15 is 0 Å². The minimum Gasteiger partial charge on any atom is -0.481 e. The molecule has 0 unspecified atom stereocenters. The van der Waals surface area contributed by atoms with Gasteiger partial charge in [0.2, 0.25) is 0 Å². The summed E-state index contributed by atoms with van der Waals surface area (Å²) in [5.74, 6) is 0.931. The Bertz CT molecular complexity index is 563. The normalized spacial score (nSPS) is 18.9. The maximum Gasteiger partial charge on any atom is 0.263 e. The molecule has 1 fully saturated rings. The third kappa shape index (κ3) is 3.82. The third-order valence-corrected chi connectivity index (χ3v) is 4.63. The van der Waals surface area contributed by atoms with Gasteiger partial charge in [-0.2, -0.15) is 0 Å². The lowest BCUT2D eigenvalue weighted by atomic mass is 9.84. The van der Waals surface area contributed by atoms with Crippen molar-refractivity contribution in [2.45, 2.75) is 60.5 Å². The predicted molar refractivity (Wildman–Crippen MR) is 90.3 cm³/mol. The average molecular weight is 303 g/mol. The summed E-state index contributed by atoms with van der Waals surface area (Å²) in [5, 5.41) is 0. The average Bonchev–Trinajstić information content (AvgIpc) is 2.42. The highest BCUT2D eigenvalue weighted by Crippen LogP contribution is 2.29. The van der Waals surface area contributed by atoms with Crippen LogP contribution in [-0.4, -0.2) is 30.0 Å². The molecule has 3 heteroatoms. The highest BCUT2D eigenvalue weighted by Gasteiger charge is 2.31. The molecule has 1 amide bonds. The SMILES string of the molecule is Cc1cc(C)c(C)c(O[C@@H](C)C(=O)N2CCCC(C)(C)C2)c1. The largest absolute Gasteiger partial charge is 0.481 e. The molecule has 0 aliphatic carbocycles. The molecule has 1 aliphatic rings. The molecule has 1 aliphatic heterocycles. The van der Waals surface area contributed by atoms with Crippen LogP contribution in [0.25, 0.3) is 0 Å². The molecule has 0 radical (unpaired) electrons. The van der Waals surface area contributed by atoms with E-state index in [-0.39, 0.29) is 11.3 Å². The molecule has 0 aromatic heterocycles. The van der Waals surface area contributed by atoms with Crippen molar-refractivity contribution in [2.75, 3.05) is 13.1 Å². The second-order valence-corrected chi connectivity index (χ2v) is 7.49. The number of carbonyl (C=O) groups is 1. The van der Waals surface area contributed by atoms with E-state index in [1.807, 2.05) is 24.8 Å². The van der Waals surface area contributed by atoms with Crippen molar-refractivity contribution in [1.82, 2.24) is 4.90 Å². The predicted octanol–water partition coefficient (Wildman–Crippen LogP) is 4.03. The van der Waals surface area contributed by atoms with E-state index in [9.17, 15) is 4.79 Å². The second-order valence-electron chi connectivity index (χ2n) is 7.49. The summed E-state index contributed by atoms with van der Waals surface area (Å²) in [7, 11) is 0. The van der Waals surface area contributed by atoms with E-state index in [0.717, 1.165) is 36.4 Å². The number of amides is 1. The number of hydrogen-bond acceptors (Lipinski definition) is 2. The van der Waals surface area contributed by atoms with Crippen LogP contribution < -0.4 is 4.74 Å². The van der Waals surface area contributed by atoms with Crippen molar-refractivity contribution >= 4 is 5.91 Å². The van der Waals surface area contributed by atoms with Crippen LogP contribution in [0.4, 0.5) is 0 Å². The van der Waals surface area contributed by atoms with Crippen molar-refractivity contribution in [3.63, 3.8) is 0 Å². The Kier molecular flexibility index (Phi) is 4.84. The van der Waals surface area contributed by atoms with E-state index in [1.165, 1.54) is 12.0 Å². The van der Waals surface area contributed by atoms with E-state index in [4.69, 9.17) is 4.74 Å². The van der Waals surface area contributed by atoms with E-state index in [0.29, 0.717) is 0 Å². The molecule has 122 valence electrons. The Morgan fingerprint density at radius 2 is 1.95 bits per heavy atom. The molecule has 1 aromatic rings. The molecule has 1 saturated heterocycles. The molecular weight excluding hydrogens is 274 g/mol. The summed E-state index contributed by atoms with van der Waals surface area (Å²) in [6.45, 7) is 14.2. The number of piperidine rings is 1. The van der Waals surface area contributed by atoms with Gasteiger partial charge in [0.15, 0.2) is 6.10 Å². The van der Waals surface area contributed by atoms with E-state index < -0.39 is 6.10 Å². The first-order valence-electron chi connectivity index (χ1n) is 8.23. The fourth-order valence-electron chi connectivity index (χ4n) is 3.23.